The summed E-state index contributed by atoms with van der Waals surface area (Å²) in [6.45, 7) is -0.529. The molecule has 0 aromatic heterocycles. The highest BCUT2D eigenvalue weighted by atomic mass is 35.6. The van der Waals surface area contributed by atoms with Gasteiger partial charge in [-0.2, -0.15) is 0 Å². The van der Waals surface area contributed by atoms with E-state index in [9.17, 15) is 19.2 Å². The minimum atomic E-state index is -2.36. The van der Waals surface area contributed by atoms with Gasteiger partial charge < -0.3 is 28.4 Å². The molecule has 1 N–H and O–H groups in total. The maximum Gasteiger partial charge on any atom is 0.338 e. The van der Waals surface area contributed by atoms with Gasteiger partial charge in [0.2, 0.25) is 12.2 Å². The summed E-state index contributed by atoms with van der Waals surface area (Å²) < 4.78 is 31.4. The van der Waals surface area contributed by atoms with Crippen molar-refractivity contribution >= 4 is 64.6 Å². The van der Waals surface area contributed by atoms with Gasteiger partial charge in [-0.05, 0) is 36.4 Å². The van der Waals surface area contributed by atoms with E-state index < -0.39 is 77.1 Å². The first kappa shape index (κ1) is 34.7. The van der Waals surface area contributed by atoms with Crippen LogP contribution in [-0.2, 0) is 33.2 Å². The van der Waals surface area contributed by atoms with Gasteiger partial charge in [0.15, 0.2) is 6.10 Å². The van der Waals surface area contributed by atoms with Crippen LogP contribution in [-0.4, -0.2) is 71.9 Å². The van der Waals surface area contributed by atoms with E-state index in [2.05, 4.69) is 0 Å². The van der Waals surface area contributed by atoms with Crippen LogP contribution in [0.3, 0.4) is 0 Å². The van der Waals surface area contributed by atoms with Crippen molar-refractivity contribution in [3.05, 3.63) is 108 Å². The van der Waals surface area contributed by atoms with Crippen molar-refractivity contribution in [2.45, 2.75) is 34.8 Å². The monoisotopic (exact) mass is 691 g/mol. The zero-order valence-electron chi connectivity index (χ0n) is 24.2. The molecule has 5 atom stereocenters. The summed E-state index contributed by atoms with van der Waals surface area (Å²) in [6, 6.07) is 23.9. The summed E-state index contributed by atoms with van der Waals surface area (Å²) in [6.07, 6.45) is -6.49. The Bertz CT molecular complexity index is 1520. The molecule has 0 spiro atoms. The highest BCUT2D eigenvalue weighted by Gasteiger charge is 2.53. The summed E-state index contributed by atoms with van der Waals surface area (Å²) in [5.41, 5.74) is 0.516. The lowest BCUT2D eigenvalue weighted by Gasteiger charge is -2.44. The highest BCUT2D eigenvalue weighted by Crippen LogP contribution is 2.37. The molecule has 11 nitrogen and oxygen atoms in total. The van der Waals surface area contributed by atoms with Crippen LogP contribution in [0.4, 0.5) is 0 Å². The number of nitrogens with one attached hydrogen (secondary N) is 1. The SMILES string of the molecule is COC(=O)C[C@H]1[C@@H](OC(=O)c2ccccc2)[C@@H](COC(=O)c2ccccc2)O[C@H](OC(=N)C(Cl)(Cl)Cl)[C@@H]1OC(=O)c1ccccc1. The average Bonchev–Trinajstić information content (AvgIpc) is 3.06. The van der Waals surface area contributed by atoms with E-state index in [0.717, 1.165) is 7.11 Å². The number of esters is 4. The highest BCUT2D eigenvalue weighted by molar-refractivity contribution is 6.76. The number of carbonyl (C=O) groups is 4. The average molecular weight is 693 g/mol. The largest absolute Gasteiger partial charge is 0.469 e. The lowest BCUT2D eigenvalue weighted by Crippen LogP contribution is -2.60. The van der Waals surface area contributed by atoms with E-state index in [1.807, 2.05) is 0 Å². The first-order chi connectivity index (χ1) is 22.0. The molecule has 3 aromatic rings. The topological polar surface area (TPSA) is 148 Å². The lowest BCUT2D eigenvalue weighted by molar-refractivity contribution is -0.268. The van der Waals surface area contributed by atoms with Gasteiger partial charge in [0, 0.05) is 0 Å². The molecule has 242 valence electrons. The molecule has 4 rings (SSSR count). The molecule has 1 fully saturated rings. The van der Waals surface area contributed by atoms with E-state index in [1.165, 1.54) is 36.4 Å². The Hall–Kier alpha value is -4.16. The Morgan fingerprint density at radius 3 is 1.63 bits per heavy atom. The Morgan fingerprint density at radius 1 is 0.717 bits per heavy atom. The Kier molecular flexibility index (Phi) is 12.0. The van der Waals surface area contributed by atoms with Crippen LogP contribution >= 0.6 is 34.8 Å². The number of alkyl halides is 3. The van der Waals surface area contributed by atoms with Crippen LogP contribution < -0.4 is 0 Å². The molecular formula is C32H28Cl3NO10. The third-order valence-corrected chi connectivity index (χ3v) is 7.32. The predicted molar refractivity (Wildman–Crippen MR) is 166 cm³/mol. The summed E-state index contributed by atoms with van der Waals surface area (Å²) in [4.78, 5) is 52.2. The number of methoxy groups -OCH3 is 1. The molecule has 1 saturated heterocycles. The zero-order valence-corrected chi connectivity index (χ0v) is 26.4. The summed E-state index contributed by atoms with van der Waals surface area (Å²) in [5, 5.41) is 8.18. The maximum absolute atomic E-state index is 13.3. The standard InChI is InChI=1S/C32H28Cl3NO10/c1-41-24(37)17-22-25(44-28(39)20-13-7-3-8-14-20)23(18-42-27(38)19-11-5-2-6-12-19)43-30(46-31(36)32(33,34)35)26(22)45-29(40)21-15-9-4-10-16-21/h2-16,22-23,25-26,30,36H,17-18H2,1H3/t22-,23+,25+,26+,30+/m0/s1. The van der Waals surface area contributed by atoms with Gasteiger partial charge in [-0.1, -0.05) is 89.4 Å². The molecule has 0 saturated carbocycles. The quantitative estimate of drug-likeness (QED) is 0.0941. The van der Waals surface area contributed by atoms with E-state index in [4.69, 9.17) is 68.6 Å². The normalized spacial score (nSPS) is 20.9. The van der Waals surface area contributed by atoms with E-state index in [-0.39, 0.29) is 16.7 Å². The molecule has 14 heteroatoms. The maximum atomic E-state index is 13.3. The molecule has 0 radical (unpaired) electrons. The van der Waals surface area contributed by atoms with Crippen molar-refractivity contribution in [2.24, 2.45) is 5.92 Å². The van der Waals surface area contributed by atoms with E-state index >= 15 is 0 Å². The molecule has 0 aliphatic carbocycles. The van der Waals surface area contributed by atoms with Crippen molar-refractivity contribution < 1.29 is 47.6 Å². The van der Waals surface area contributed by atoms with Crippen molar-refractivity contribution in [3.63, 3.8) is 0 Å². The fraction of sp³-hybridized carbons (Fsp3) is 0.281. The van der Waals surface area contributed by atoms with Crippen molar-refractivity contribution in [1.82, 2.24) is 0 Å². The fourth-order valence-electron chi connectivity index (χ4n) is 4.57. The lowest BCUT2D eigenvalue weighted by atomic mass is 9.85. The van der Waals surface area contributed by atoms with Crippen molar-refractivity contribution in [3.8, 4) is 0 Å². The Balaban J connectivity index is 1.75. The number of hydrogen-bond acceptors (Lipinski definition) is 11. The van der Waals surface area contributed by atoms with Gasteiger partial charge >= 0.3 is 23.9 Å². The van der Waals surface area contributed by atoms with Gasteiger partial charge in [0.1, 0.15) is 18.8 Å². The molecule has 3 aromatic carbocycles. The van der Waals surface area contributed by atoms with Gasteiger partial charge in [-0.3, -0.25) is 10.2 Å². The molecular weight excluding hydrogens is 665 g/mol. The molecule has 0 unspecified atom stereocenters. The van der Waals surface area contributed by atoms with Crippen LogP contribution in [0.1, 0.15) is 37.5 Å². The Labute approximate surface area is 279 Å². The van der Waals surface area contributed by atoms with Gasteiger partial charge in [0.25, 0.3) is 3.79 Å². The summed E-state index contributed by atoms with van der Waals surface area (Å²) in [7, 11) is 1.14. The third-order valence-electron chi connectivity index (χ3n) is 6.80. The van der Waals surface area contributed by atoms with Crippen LogP contribution in [0, 0.1) is 11.3 Å². The number of benzene rings is 3. The second-order valence-electron chi connectivity index (χ2n) is 9.87. The minimum Gasteiger partial charge on any atom is -0.469 e. The molecule has 1 heterocycles. The molecule has 0 bridgehead atoms. The van der Waals surface area contributed by atoms with Crippen LogP contribution in [0.2, 0.25) is 0 Å². The number of carbonyl (C=O) groups excluding carboxylic acids is 4. The van der Waals surface area contributed by atoms with Crippen molar-refractivity contribution in [2.75, 3.05) is 13.7 Å². The van der Waals surface area contributed by atoms with Crippen LogP contribution in [0.15, 0.2) is 91.0 Å². The molecule has 1 aliphatic rings. The van der Waals surface area contributed by atoms with Gasteiger partial charge in [-0.25, -0.2) is 14.4 Å². The number of rotatable bonds is 10. The summed E-state index contributed by atoms with van der Waals surface area (Å²) in [5.74, 6) is -5.32. The zero-order chi connectivity index (χ0) is 33.3. The van der Waals surface area contributed by atoms with Crippen molar-refractivity contribution in [1.29, 1.82) is 5.41 Å². The van der Waals surface area contributed by atoms with Gasteiger partial charge in [0.05, 0.1) is 36.1 Å². The van der Waals surface area contributed by atoms with Crippen LogP contribution in [0.25, 0.3) is 0 Å². The number of hydrogen-bond donors (Lipinski definition) is 1. The second kappa shape index (κ2) is 15.9. The number of halogens is 3. The molecule has 1 aliphatic heterocycles. The number of ether oxygens (including phenoxy) is 6. The van der Waals surface area contributed by atoms with E-state index in [0.29, 0.717) is 0 Å². The van der Waals surface area contributed by atoms with Gasteiger partial charge in [-0.15, -0.1) is 0 Å². The third kappa shape index (κ3) is 9.20. The van der Waals surface area contributed by atoms with Crippen LogP contribution in [0.5, 0.6) is 0 Å². The smallest absolute Gasteiger partial charge is 0.338 e. The first-order valence-electron chi connectivity index (χ1n) is 13.8. The fourth-order valence-corrected chi connectivity index (χ4v) is 4.70. The molecule has 0 amide bonds. The second-order valence-corrected chi connectivity index (χ2v) is 12.1. The Morgan fingerprint density at radius 2 is 1.17 bits per heavy atom. The van der Waals surface area contributed by atoms with E-state index in [1.54, 1.807) is 54.6 Å². The first-order valence-corrected chi connectivity index (χ1v) is 14.9. The summed E-state index contributed by atoms with van der Waals surface area (Å²) >= 11 is 17.6. The predicted octanol–water partition coefficient (Wildman–Crippen LogP) is 5.56. The molecule has 46 heavy (non-hydrogen) atoms. The minimum absolute atomic E-state index is 0.131.